The van der Waals surface area contributed by atoms with Gasteiger partial charge in [-0.1, -0.05) is 35.9 Å². The third-order valence-electron chi connectivity index (χ3n) is 6.04. The normalized spacial score (nSPS) is 14.6. The van der Waals surface area contributed by atoms with E-state index in [0.717, 1.165) is 22.5 Å². The lowest BCUT2D eigenvalue weighted by Gasteiger charge is -2.31. The number of carbonyl (C=O) groups is 1. The first-order valence-corrected chi connectivity index (χ1v) is 11.3. The highest BCUT2D eigenvalue weighted by Gasteiger charge is 2.33. The molecule has 4 aromatic rings. The summed E-state index contributed by atoms with van der Waals surface area (Å²) in [6.45, 7) is 0.427. The van der Waals surface area contributed by atoms with Crippen LogP contribution in [0.1, 0.15) is 22.9 Å². The molecule has 0 spiro atoms. The Morgan fingerprint density at radius 3 is 2.47 bits per heavy atom. The lowest BCUT2D eigenvalue weighted by Crippen LogP contribution is -2.37. The van der Waals surface area contributed by atoms with Gasteiger partial charge in [-0.25, -0.2) is 4.79 Å². The topological polar surface area (TPSA) is 55.7 Å². The minimum atomic E-state index is -0.366. The van der Waals surface area contributed by atoms with Gasteiger partial charge in [-0.05, 0) is 65.7 Å². The van der Waals surface area contributed by atoms with Gasteiger partial charge < -0.3 is 24.3 Å². The van der Waals surface area contributed by atoms with E-state index in [0.29, 0.717) is 28.8 Å². The minimum Gasteiger partial charge on any atom is -0.493 e. The highest BCUT2D eigenvalue weighted by atomic mass is 35.5. The molecule has 2 amide bonds. The Hall–Kier alpha value is -3.90. The molecule has 0 aliphatic carbocycles. The van der Waals surface area contributed by atoms with Gasteiger partial charge in [-0.3, -0.25) is 0 Å². The van der Waals surface area contributed by atoms with Gasteiger partial charge >= 0.3 is 6.03 Å². The number of anilines is 1. The Morgan fingerprint density at radius 2 is 1.71 bits per heavy atom. The van der Waals surface area contributed by atoms with E-state index in [1.54, 1.807) is 38.5 Å². The van der Waals surface area contributed by atoms with Crippen molar-refractivity contribution in [2.75, 3.05) is 19.5 Å². The van der Waals surface area contributed by atoms with Crippen molar-refractivity contribution < 1.29 is 14.3 Å². The zero-order valence-electron chi connectivity index (χ0n) is 18.9. The maximum atomic E-state index is 13.7. The zero-order chi connectivity index (χ0) is 23.7. The van der Waals surface area contributed by atoms with Crippen LogP contribution in [-0.4, -0.2) is 29.7 Å². The van der Waals surface area contributed by atoms with Crippen molar-refractivity contribution in [3.05, 3.63) is 107 Å². The van der Waals surface area contributed by atoms with Crippen molar-refractivity contribution in [1.82, 2.24) is 9.47 Å². The second-order valence-corrected chi connectivity index (χ2v) is 8.45. The van der Waals surface area contributed by atoms with Crippen LogP contribution in [0.15, 0.2) is 85.1 Å². The molecule has 1 unspecified atom stereocenters. The molecule has 1 aliphatic rings. The van der Waals surface area contributed by atoms with E-state index in [1.165, 1.54) is 0 Å². The molecule has 1 atom stereocenters. The van der Waals surface area contributed by atoms with Crippen LogP contribution in [0.4, 0.5) is 10.5 Å². The lowest BCUT2D eigenvalue weighted by molar-refractivity contribution is 0.194. The van der Waals surface area contributed by atoms with Crippen LogP contribution in [0.5, 0.6) is 11.5 Å². The third kappa shape index (κ3) is 3.97. The number of aromatic nitrogens is 1. The Labute approximate surface area is 203 Å². The van der Waals surface area contributed by atoms with Crippen molar-refractivity contribution in [3.63, 3.8) is 0 Å². The predicted octanol–water partition coefficient (Wildman–Crippen LogP) is 6.29. The monoisotopic (exact) mass is 473 g/mol. The lowest BCUT2D eigenvalue weighted by atomic mass is 10.0. The number of fused-ring (bicyclic) bond motifs is 3. The number of benzene rings is 3. The Balaban J connectivity index is 1.64. The molecule has 5 rings (SSSR count). The van der Waals surface area contributed by atoms with E-state index in [9.17, 15) is 4.79 Å². The minimum absolute atomic E-state index is 0.216. The first-order valence-electron chi connectivity index (χ1n) is 10.9. The number of carbonyl (C=O) groups excluding carboxylic acids is 1. The molecule has 1 aliphatic heterocycles. The first-order chi connectivity index (χ1) is 16.6. The van der Waals surface area contributed by atoms with Crippen LogP contribution in [0.2, 0.25) is 5.02 Å². The number of rotatable bonds is 4. The Morgan fingerprint density at radius 1 is 0.941 bits per heavy atom. The second-order valence-electron chi connectivity index (χ2n) is 8.01. The highest BCUT2D eigenvalue weighted by Crippen LogP contribution is 2.39. The van der Waals surface area contributed by atoms with Gasteiger partial charge in [-0.15, -0.1) is 0 Å². The summed E-state index contributed by atoms with van der Waals surface area (Å²) in [4.78, 5) is 15.6. The van der Waals surface area contributed by atoms with Crippen molar-refractivity contribution in [2.24, 2.45) is 0 Å². The maximum Gasteiger partial charge on any atom is 0.322 e. The number of halogens is 1. The quantitative estimate of drug-likeness (QED) is 0.379. The molecule has 0 radical (unpaired) electrons. The summed E-state index contributed by atoms with van der Waals surface area (Å²) in [5.74, 6) is 1.24. The van der Waals surface area contributed by atoms with Gasteiger partial charge in [0.2, 0.25) is 0 Å². The van der Waals surface area contributed by atoms with Crippen molar-refractivity contribution in [3.8, 4) is 17.2 Å². The second kappa shape index (κ2) is 9.15. The van der Waals surface area contributed by atoms with Crippen LogP contribution in [-0.2, 0) is 6.54 Å². The molecular weight excluding hydrogens is 450 g/mol. The SMILES string of the molecule is COc1ccc(C2c3cccn3-c3ccccc3CN2C(=O)Nc2ccc(Cl)cc2)cc1OC. The van der Waals surface area contributed by atoms with Crippen LogP contribution in [0.3, 0.4) is 0 Å². The Kier molecular flexibility index (Phi) is 5.90. The summed E-state index contributed by atoms with van der Waals surface area (Å²) >= 11 is 6.03. The number of para-hydroxylation sites is 1. The first kappa shape index (κ1) is 21.9. The van der Waals surface area contributed by atoms with Crippen molar-refractivity contribution in [1.29, 1.82) is 0 Å². The van der Waals surface area contributed by atoms with E-state index >= 15 is 0 Å². The molecule has 3 aromatic carbocycles. The van der Waals surface area contributed by atoms with Crippen LogP contribution >= 0.6 is 11.6 Å². The molecule has 6 nitrogen and oxygen atoms in total. The summed E-state index contributed by atoms with van der Waals surface area (Å²) in [6, 6.07) is 24.5. The molecule has 0 fully saturated rings. The summed E-state index contributed by atoms with van der Waals surface area (Å²) in [6.07, 6.45) is 2.03. The molecule has 0 saturated carbocycles. The predicted molar refractivity (Wildman–Crippen MR) is 133 cm³/mol. The highest BCUT2D eigenvalue weighted by molar-refractivity contribution is 6.30. The summed E-state index contributed by atoms with van der Waals surface area (Å²) in [5.41, 5.74) is 4.66. The van der Waals surface area contributed by atoms with Gasteiger partial charge in [-0.2, -0.15) is 0 Å². The number of urea groups is 1. The van der Waals surface area contributed by atoms with Crippen molar-refractivity contribution in [2.45, 2.75) is 12.6 Å². The van der Waals surface area contributed by atoms with Crippen molar-refractivity contribution >= 4 is 23.3 Å². The van der Waals surface area contributed by atoms with E-state index < -0.39 is 0 Å². The third-order valence-corrected chi connectivity index (χ3v) is 6.30. The zero-order valence-corrected chi connectivity index (χ0v) is 19.6. The number of ether oxygens (including phenoxy) is 2. The standard InChI is InChI=1S/C27H24ClN3O3/c1-33-24-14-9-18(16-25(24)34-2)26-23-8-5-15-30(23)22-7-4-3-6-19(22)17-31(26)27(32)29-21-12-10-20(28)11-13-21/h3-16,26H,17H2,1-2H3,(H,29,32). The molecule has 2 heterocycles. The number of nitrogens with zero attached hydrogens (tertiary/aromatic N) is 2. The van der Waals surface area contributed by atoms with Crippen LogP contribution in [0, 0.1) is 0 Å². The fourth-order valence-electron chi connectivity index (χ4n) is 4.44. The summed E-state index contributed by atoms with van der Waals surface area (Å²) in [7, 11) is 3.22. The van der Waals surface area contributed by atoms with E-state index in [2.05, 4.69) is 22.0 Å². The molecular formula is C27H24ClN3O3. The van der Waals surface area contributed by atoms with Gasteiger partial charge in [0.05, 0.1) is 32.5 Å². The smallest absolute Gasteiger partial charge is 0.322 e. The molecule has 0 saturated heterocycles. The fraction of sp³-hybridized carbons (Fsp3) is 0.148. The largest absolute Gasteiger partial charge is 0.493 e. The number of hydrogen-bond donors (Lipinski definition) is 1. The molecule has 1 N–H and O–H groups in total. The summed E-state index contributed by atoms with van der Waals surface area (Å²) < 4.78 is 13.2. The molecule has 172 valence electrons. The fourth-order valence-corrected chi connectivity index (χ4v) is 4.57. The average Bonchev–Trinajstić information content (AvgIpc) is 3.29. The van der Waals surface area contributed by atoms with Gasteiger partial charge in [0, 0.05) is 22.6 Å². The molecule has 0 bridgehead atoms. The number of nitrogens with one attached hydrogen (secondary N) is 1. The van der Waals surface area contributed by atoms with E-state index in [-0.39, 0.29) is 12.1 Å². The van der Waals surface area contributed by atoms with Gasteiger partial charge in [0.15, 0.2) is 11.5 Å². The number of methoxy groups -OCH3 is 2. The van der Waals surface area contributed by atoms with E-state index in [4.69, 9.17) is 21.1 Å². The molecule has 1 aromatic heterocycles. The number of amides is 2. The number of hydrogen-bond acceptors (Lipinski definition) is 3. The molecule has 7 heteroatoms. The van der Waals surface area contributed by atoms with Gasteiger partial charge in [0.25, 0.3) is 0 Å². The average molecular weight is 474 g/mol. The summed E-state index contributed by atoms with van der Waals surface area (Å²) in [5, 5.41) is 3.65. The van der Waals surface area contributed by atoms with Crippen LogP contribution in [0.25, 0.3) is 5.69 Å². The van der Waals surface area contributed by atoms with Gasteiger partial charge in [0.1, 0.15) is 0 Å². The van der Waals surface area contributed by atoms with E-state index in [1.807, 2.05) is 53.6 Å². The molecule has 34 heavy (non-hydrogen) atoms. The van der Waals surface area contributed by atoms with Crippen LogP contribution < -0.4 is 14.8 Å². The maximum absolute atomic E-state index is 13.7. The Bertz CT molecular complexity index is 1330.